The van der Waals surface area contributed by atoms with Gasteiger partial charge in [-0.25, -0.2) is 4.52 Å². The van der Waals surface area contributed by atoms with Crippen LogP contribution in [-0.4, -0.2) is 33.1 Å². The molecule has 0 bridgehead atoms. The molecule has 0 saturated heterocycles. The van der Waals surface area contributed by atoms with Crippen molar-refractivity contribution in [1.29, 1.82) is 0 Å². The summed E-state index contributed by atoms with van der Waals surface area (Å²) in [7, 11) is 0. The number of pyridine rings is 1. The van der Waals surface area contributed by atoms with Crippen LogP contribution in [0.1, 0.15) is 20.3 Å². The first-order valence-electron chi connectivity index (χ1n) is 6.10. The minimum atomic E-state index is 0.0208. The van der Waals surface area contributed by atoms with E-state index in [2.05, 4.69) is 36.6 Å². The van der Waals surface area contributed by atoms with E-state index in [1.807, 2.05) is 32.2 Å². The van der Waals surface area contributed by atoms with Crippen molar-refractivity contribution in [2.75, 3.05) is 11.9 Å². The lowest BCUT2D eigenvalue weighted by Gasteiger charge is -2.07. The predicted molar refractivity (Wildman–Crippen MR) is 77.1 cm³/mol. The lowest BCUT2D eigenvalue weighted by molar-refractivity contribution is -0.121. The topological polar surface area (TPSA) is 71.3 Å². The lowest BCUT2D eigenvalue weighted by atomic mass is 10.3. The van der Waals surface area contributed by atoms with Gasteiger partial charge < -0.3 is 10.6 Å². The minimum Gasteiger partial charge on any atom is -0.354 e. The molecular weight excluding hydrogens is 310 g/mol. The summed E-state index contributed by atoms with van der Waals surface area (Å²) in [5.74, 6) is 0.539. The van der Waals surface area contributed by atoms with Gasteiger partial charge in [0.2, 0.25) is 11.9 Å². The second-order valence-corrected chi connectivity index (χ2v) is 5.31. The number of rotatable bonds is 5. The molecular formula is C12H16BrN5O. The number of amides is 1. The first-order chi connectivity index (χ1) is 9.06. The van der Waals surface area contributed by atoms with Gasteiger partial charge >= 0.3 is 0 Å². The maximum absolute atomic E-state index is 11.5. The van der Waals surface area contributed by atoms with Crippen LogP contribution in [0, 0.1) is 0 Å². The van der Waals surface area contributed by atoms with Crippen molar-refractivity contribution in [2.24, 2.45) is 0 Å². The molecule has 1 amide bonds. The molecule has 0 fully saturated rings. The third kappa shape index (κ3) is 3.66. The van der Waals surface area contributed by atoms with Crippen LogP contribution >= 0.6 is 15.9 Å². The Labute approximate surface area is 119 Å². The van der Waals surface area contributed by atoms with Gasteiger partial charge in [0.25, 0.3) is 0 Å². The number of nitrogens with zero attached hydrogens (tertiary/aromatic N) is 3. The molecule has 2 aromatic rings. The number of aromatic nitrogens is 3. The highest BCUT2D eigenvalue weighted by molar-refractivity contribution is 9.10. The Bertz CT molecular complexity index is 581. The molecule has 0 radical (unpaired) electrons. The Kier molecular flexibility index (Phi) is 4.36. The average molecular weight is 326 g/mol. The van der Waals surface area contributed by atoms with E-state index >= 15 is 0 Å². The van der Waals surface area contributed by atoms with Crippen LogP contribution in [0.25, 0.3) is 5.65 Å². The van der Waals surface area contributed by atoms with E-state index in [1.165, 1.54) is 0 Å². The number of carbonyl (C=O) groups excluding carboxylic acids is 1. The number of halogens is 1. The number of carbonyl (C=O) groups is 1. The van der Waals surface area contributed by atoms with Gasteiger partial charge in [0.05, 0.1) is 4.47 Å². The summed E-state index contributed by atoms with van der Waals surface area (Å²) in [5, 5.41) is 10.1. The Morgan fingerprint density at radius 1 is 1.53 bits per heavy atom. The largest absolute Gasteiger partial charge is 0.354 e. The van der Waals surface area contributed by atoms with Crippen LogP contribution in [-0.2, 0) is 4.79 Å². The van der Waals surface area contributed by atoms with Crippen LogP contribution in [0.5, 0.6) is 0 Å². The van der Waals surface area contributed by atoms with Crippen LogP contribution in [0.3, 0.4) is 0 Å². The highest BCUT2D eigenvalue weighted by Crippen LogP contribution is 2.16. The van der Waals surface area contributed by atoms with Crippen LogP contribution in [0.4, 0.5) is 5.95 Å². The van der Waals surface area contributed by atoms with Crippen LogP contribution < -0.4 is 10.6 Å². The molecule has 6 nitrogen and oxygen atoms in total. The fourth-order valence-electron chi connectivity index (χ4n) is 1.63. The summed E-state index contributed by atoms with van der Waals surface area (Å²) >= 11 is 3.41. The second-order valence-electron chi connectivity index (χ2n) is 4.46. The molecule has 7 heteroatoms. The lowest BCUT2D eigenvalue weighted by Crippen LogP contribution is -2.31. The number of hydrogen-bond acceptors (Lipinski definition) is 4. The molecule has 2 rings (SSSR count). The molecule has 102 valence electrons. The second kappa shape index (κ2) is 6.01. The van der Waals surface area contributed by atoms with Crippen LogP contribution in [0.15, 0.2) is 22.8 Å². The van der Waals surface area contributed by atoms with Gasteiger partial charge in [0.1, 0.15) is 0 Å². The summed E-state index contributed by atoms with van der Waals surface area (Å²) in [6.07, 6.45) is 2.22. The van der Waals surface area contributed by atoms with Crippen LogP contribution in [0.2, 0.25) is 0 Å². The average Bonchev–Trinajstić information content (AvgIpc) is 2.72. The molecule has 0 aliphatic rings. The van der Waals surface area contributed by atoms with E-state index in [1.54, 1.807) is 4.52 Å². The molecule has 0 spiro atoms. The third-order valence-corrected chi connectivity index (χ3v) is 3.02. The van der Waals surface area contributed by atoms with E-state index in [0.29, 0.717) is 18.9 Å². The smallest absolute Gasteiger partial charge is 0.243 e. The molecule has 2 N–H and O–H groups in total. The van der Waals surface area contributed by atoms with Gasteiger partial charge in [-0.05, 0) is 41.9 Å². The molecule has 19 heavy (non-hydrogen) atoms. The molecule has 0 saturated carbocycles. The number of hydrogen-bond donors (Lipinski definition) is 2. The highest BCUT2D eigenvalue weighted by Gasteiger charge is 2.07. The van der Waals surface area contributed by atoms with E-state index < -0.39 is 0 Å². The molecule has 2 aromatic heterocycles. The standard InChI is InChI=1S/C12H16BrN5O/c1-8(2)15-10(19)5-6-14-12-16-11-9(13)4-3-7-18(11)17-12/h3-4,7-8H,5-6H2,1-2H3,(H,14,17)(H,15,19). The first-order valence-corrected chi connectivity index (χ1v) is 6.89. The van der Waals surface area contributed by atoms with E-state index in [-0.39, 0.29) is 11.9 Å². The SMILES string of the molecule is CC(C)NC(=O)CCNc1nc2c(Br)cccn2n1. The monoisotopic (exact) mass is 325 g/mol. The Morgan fingerprint density at radius 3 is 3.00 bits per heavy atom. The zero-order valence-corrected chi connectivity index (χ0v) is 12.4. The molecule has 2 heterocycles. The molecule has 0 atom stereocenters. The van der Waals surface area contributed by atoms with Gasteiger partial charge in [-0.15, -0.1) is 5.10 Å². The summed E-state index contributed by atoms with van der Waals surface area (Å²) in [6.45, 7) is 4.38. The molecule has 0 unspecified atom stereocenters. The van der Waals surface area contributed by atoms with Gasteiger partial charge in [-0.1, -0.05) is 0 Å². The van der Waals surface area contributed by atoms with Crippen molar-refractivity contribution in [3.05, 3.63) is 22.8 Å². The summed E-state index contributed by atoms with van der Waals surface area (Å²) in [6, 6.07) is 3.95. The molecule has 0 aromatic carbocycles. The Hall–Kier alpha value is -1.63. The number of fused-ring (bicyclic) bond motifs is 1. The Morgan fingerprint density at radius 2 is 2.32 bits per heavy atom. The number of nitrogens with one attached hydrogen (secondary N) is 2. The normalized spacial score (nSPS) is 10.9. The third-order valence-electron chi connectivity index (χ3n) is 2.40. The molecule has 0 aliphatic carbocycles. The van der Waals surface area contributed by atoms with E-state index in [0.717, 1.165) is 10.1 Å². The summed E-state index contributed by atoms with van der Waals surface area (Å²) < 4.78 is 2.56. The van der Waals surface area contributed by atoms with E-state index in [4.69, 9.17) is 0 Å². The van der Waals surface area contributed by atoms with Crippen molar-refractivity contribution in [1.82, 2.24) is 19.9 Å². The van der Waals surface area contributed by atoms with Gasteiger partial charge in [-0.2, -0.15) is 4.98 Å². The predicted octanol–water partition coefficient (Wildman–Crippen LogP) is 1.82. The van der Waals surface area contributed by atoms with Crippen molar-refractivity contribution in [3.8, 4) is 0 Å². The summed E-state index contributed by atoms with van der Waals surface area (Å²) in [5.41, 5.74) is 0.747. The van der Waals surface area contributed by atoms with E-state index in [9.17, 15) is 4.79 Å². The minimum absolute atomic E-state index is 0.0208. The van der Waals surface area contributed by atoms with Gasteiger partial charge in [-0.3, -0.25) is 4.79 Å². The van der Waals surface area contributed by atoms with Gasteiger partial charge in [0, 0.05) is 25.2 Å². The fraction of sp³-hybridized carbons (Fsp3) is 0.417. The first kappa shape index (κ1) is 13.8. The zero-order chi connectivity index (χ0) is 13.8. The zero-order valence-electron chi connectivity index (χ0n) is 10.9. The molecule has 0 aliphatic heterocycles. The van der Waals surface area contributed by atoms with Crippen molar-refractivity contribution in [2.45, 2.75) is 26.3 Å². The van der Waals surface area contributed by atoms with Gasteiger partial charge in [0.15, 0.2) is 5.65 Å². The number of anilines is 1. The quantitative estimate of drug-likeness (QED) is 0.879. The summed E-state index contributed by atoms with van der Waals surface area (Å²) in [4.78, 5) is 15.8. The maximum Gasteiger partial charge on any atom is 0.243 e. The highest BCUT2D eigenvalue weighted by atomic mass is 79.9. The van der Waals surface area contributed by atoms with Crippen molar-refractivity contribution >= 4 is 33.4 Å². The Balaban J connectivity index is 1.92. The van der Waals surface area contributed by atoms with Crippen molar-refractivity contribution in [3.63, 3.8) is 0 Å². The van der Waals surface area contributed by atoms with Crippen molar-refractivity contribution < 1.29 is 4.79 Å². The fourth-order valence-corrected chi connectivity index (χ4v) is 2.05. The maximum atomic E-state index is 11.5.